The van der Waals surface area contributed by atoms with Gasteiger partial charge in [0, 0.05) is 37.6 Å². The molecule has 3 rings (SSSR count). The van der Waals surface area contributed by atoms with E-state index in [1.807, 2.05) is 0 Å². The summed E-state index contributed by atoms with van der Waals surface area (Å²) in [6, 6.07) is 0.735. The number of aromatic nitrogens is 3. The Morgan fingerprint density at radius 2 is 2.04 bits per heavy atom. The number of hydrogen-bond acceptors (Lipinski definition) is 5. The van der Waals surface area contributed by atoms with Crippen LogP contribution in [0, 0.1) is 0 Å². The summed E-state index contributed by atoms with van der Waals surface area (Å²) in [6.07, 6.45) is 6.89. The SMILES string of the molecule is CC(C)(C)c1n[nH]c([C@@H]2CN(CCNC3CCCCC3)CCO2)n1. The normalized spacial score (nSPS) is 24.4. The Kier molecular flexibility index (Phi) is 5.89. The van der Waals surface area contributed by atoms with E-state index < -0.39 is 0 Å². The quantitative estimate of drug-likeness (QED) is 0.865. The number of ether oxygens (including phenoxy) is 1. The van der Waals surface area contributed by atoms with E-state index in [0.717, 1.165) is 50.5 Å². The van der Waals surface area contributed by atoms with Gasteiger partial charge in [0.05, 0.1) is 6.61 Å². The van der Waals surface area contributed by atoms with Crippen LogP contribution in [0.15, 0.2) is 0 Å². The molecule has 2 aliphatic rings. The Balaban J connectivity index is 1.46. The molecule has 1 aliphatic heterocycles. The number of morpholine rings is 1. The van der Waals surface area contributed by atoms with E-state index in [1.165, 1.54) is 32.1 Å². The van der Waals surface area contributed by atoms with Crippen molar-refractivity contribution in [1.29, 1.82) is 0 Å². The summed E-state index contributed by atoms with van der Waals surface area (Å²) in [7, 11) is 0. The van der Waals surface area contributed by atoms with Crippen LogP contribution in [0.5, 0.6) is 0 Å². The molecule has 0 aromatic carbocycles. The largest absolute Gasteiger partial charge is 0.368 e. The molecule has 136 valence electrons. The van der Waals surface area contributed by atoms with E-state index in [9.17, 15) is 0 Å². The highest BCUT2D eigenvalue weighted by Crippen LogP contribution is 2.23. The highest BCUT2D eigenvalue weighted by molar-refractivity contribution is 5.04. The Labute approximate surface area is 145 Å². The fourth-order valence-corrected chi connectivity index (χ4v) is 3.56. The van der Waals surface area contributed by atoms with Crippen LogP contribution in [0.25, 0.3) is 0 Å². The predicted octanol–water partition coefficient (Wildman–Crippen LogP) is 2.40. The lowest BCUT2D eigenvalue weighted by Gasteiger charge is -2.32. The summed E-state index contributed by atoms with van der Waals surface area (Å²) in [5.41, 5.74) is -0.0347. The van der Waals surface area contributed by atoms with Gasteiger partial charge in [0.2, 0.25) is 0 Å². The molecule has 2 fully saturated rings. The molecule has 24 heavy (non-hydrogen) atoms. The van der Waals surface area contributed by atoms with Gasteiger partial charge in [-0.05, 0) is 12.8 Å². The van der Waals surface area contributed by atoms with Crippen LogP contribution in [0.2, 0.25) is 0 Å². The van der Waals surface area contributed by atoms with Crippen molar-refractivity contribution in [3.8, 4) is 0 Å². The maximum atomic E-state index is 5.92. The van der Waals surface area contributed by atoms with Gasteiger partial charge < -0.3 is 10.1 Å². The molecule has 2 heterocycles. The van der Waals surface area contributed by atoms with Gasteiger partial charge in [0.15, 0.2) is 11.6 Å². The van der Waals surface area contributed by atoms with Crippen molar-refractivity contribution in [2.45, 2.75) is 70.4 Å². The number of nitrogens with one attached hydrogen (secondary N) is 2. The summed E-state index contributed by atoms with van der Waals surface area (Å²) in [4.78, 5) is 7.13. The number of rotatable bonds is 5. The van der Waals surface area contributed by atoms with Crippen molar-refractivity contribution >= 4 is 0 Å². The standard InChI is InChI=1S/C18H33N5O/c1-18(2,3)17-20-16(21-22-17)15-13-23(11-12-24-15)10-9-19-14-7-5-4-6-8-14/h14-15,19H,4-13H2,1-3H3,(H,20,21,22)/t15-/m0/s1. The molecule has 0 bridgehead atoms. The highest BCUT2D eigenvalue weighted by atomic mass is 16.5. The number of hydrogen-bond donors (Lipinski definition) is 2. The number of H-pyrrole nitrogens is 1. The van der Waals surface area contributed by atoms with Crippen LogP contribution >= 0.6 is 0 Å². The molecule has 1 saturated heterocycles. The molecule has 0 radical (unpaired) electrons. The molecule has 0 amide bonds. The summed E-state index contributed by atoms with van der Waals surface area (Å²) >= 11 is 0. The van der Waals surface area contributed by atoms with Crippen LogP contribution < -0.4 is 5.32 Å². The summed E-state index contributed by atoms with van der Waals surface area (Å²) in [5.74, 6) is 1.72. The monoisotopic (exact) mass is 335 g/mol. The lowest BCUT2D eigenvalue weighted by molar-refractivity contribution is -0.0339. The summed E-state index contributed by atoms with van der Waals surface area (Å²) in [5, 5.41) is 11.2. The van der Waals surface area contributed by atoms with Gasteiger partial charge in [-0.1, -0.05) is 40.0 Å². The van der Waals surface area contributed by atoms with Gasteiger partial charge in [-0.25, -0.2) is 4.98 Å². The molecule has 1 aliphatic carbocycles. The van der Waals surface area contributed by atoms with Crippen molar-refractivity contribution in [3.63, 3.8) is 0 Å². The third kappa shape index (κ3) is 4.77. The van der Waals surface area contributed by atoms with Crippen molar-refractivity contribution in [1.82, 2.24) is 25.4 Å². The van der Waals surface area contributed by atoms with Crippen LogP contribution in [-0.4, -0.2) is 58.9 Å². The average molecular weight is 335 g/mol. The van der Waals surface area contributed by atoms with E-state index in [2.05, 4.69) is 46.2 Å². The van der Waals surface area contributed by atoms with Gasteiger partial charge >= 0.3 is 0 Å². The molecule has 2 N–H and O–H groups in total. The van der Waals surface area contributed by atoms with E-state index in [1.54, 1.807) is 0 Å². The smallest absolute Gasteiger partial charge is 0.156 e. The number of aromatic amines is 1. The van der Waals surface area contributed by atoms with E-state index in [-0.39, 0.29) is 11.5 Å². The molecule has 6 heteroatoms. The number of nitrogens with zero attached hydrogens (tertiary/aromatic N) is 3. The zero-order valence-corrected chi connectivity index (χ0v) is 15.5. The molecule has 1 aromatic heterocycles. The first kappa shape index (κ1) is 17.8. The lowest BCUT2D eigenvalue weighted by atomic mass is 9.95. The fourth-order valence-electron chi connectivity index (χ4n) is 3.56. The van der Waals surface area contributed by atoms with Crippen molar-refractivity contribution in [3.05, 3.63) is 11.6 Å². The molecule has 1 aromatic rings. The van der Waals surface area contributed by atoms with Gasteiger partial charge in [-0.15, -0.1) is 0 Å². The zero-order valence-electron chi connectivity index (χ0n) is 15.5. The second kappa shape index (κ2) is 7.93. The van der Waals surface area contributed by atoms with Crippen molar-refractivity contribution in [2.24, 2.45) is 0 Å². The molecule has 1 saturated carbocycles. The molecular formula is C18H33N5O. The first-order chi connectivity index (χ1) is 11.5. The van der Waals surface area contributed by atoms with Crippen molar-refractivity contribution in [2.75, 3.05) is 32.8 Å². The van der Waals surface area contributed by atoms with Gasteiger partial charge in [0.25, 0.3) is 0 Å². The van der Waals surface area contributed by atoms with Crippen LogP contribution in [0.1, 0.15) is 70.6 Å². The molecular weight excluding hydrogens is 302 g/mol. The second-order valence-corrected chi connectivity index (χ2v) is 8.24. The van der Waals surface area contributed by atoms with E-state index in [4.69, 9.17) is 4.74 Å². The Morgan fingerprint density at radius 1 is 1.25 bits per heavy atom. The van der Waals surface area contributed by atoms with Crippen LogP contribution in [0.4, 0.5) is 0 Å². The fraction of sp³-hybridized carbons (Fsp3) is 0.889. The third-order valence-corrected chi connectivity index (χ3v) is 5.10. The lowest BCUT2D eigenvalue weighted by Crippen LogP contribution is -2.43. The van der Waals surface area contributed by atoms with E-state index >= 15 is 0 Å². The first-order valence-corrected chi connectivity index (χ1v) is 9.52. The molecule has 1 atom stereocenters. The second-order valence-electron chi connectivity index (χ2n) is 8.24. The topological polar surface area (TPSA) is 66.1 Å². The Hall–Kier alpha value is -0.980. The first-order valence-electron chi connectivity index (χ1n) is 9.52. The molecule has 6 nitrogen and oxygen atoms in total. The Morgan fingerprint density at radius 3 is 2.75 bits per heavy atom. The molecule has 0 spiro atoms. The minimum atomic E-state index is -0.0347. The van der Waals surface area contributed by atoms with Crippen molar-refractivity contribution < 1.29 is 4.74 Å². The van der Waals surface area contributed by atoms with E-state index in [0.29, 0.717) is 0 Å². The van der Waals surface area contributed by atoms with Gasteiger partial charge in [-0.2, -0.15) is 5.10 Å². The van der Waals surface area contributed by atoms with Crippen LogP contribution in [-0.2, 0) is 10.2 Å². The van der Waals surface area contributed by atoms with Gasteiger partial charge in [0.1, 0.15) is 6.10 Å². The maximum absolute atomic E-state index is 5.92. The predicted molar refractivity (Wildman–Crippen MR) is 95.1 cm³/mol. The average Bonchev–Trinajstić information content (AvgIpc) is 3.07. The minimum absolute atomic E-state index is 0.0111. The van der Waals surface area contributed by atoms with Gasteiger partial charge in [-0.3, -0.25) is 10.00 Å². The highest BCUT2D eigenvalue weighted by Gasteiger charge is 2.27. The minimum Gasteiger partial charge on any atom is -0.368 e. The zero-order chi connectivity index (χ0) is 17.0. The molecule has 0 unspecified atom stereocenters. The summed E-state index contributed by atoms with van der Waals surface area (Å²) in [6.45, 7) is 11.2. The van der Waals surface area contributed by atoms with Crippen LogP contribution in [0.3, 0.4) is 0 Å². The third-order valence-electron chi connectivity index (χ3n) is 5.10. The maximum Gasteiger partial charge on any atom is 0.156 e. The summed E-state index contributed by atoms with van der Waals surface area (Å²) < 4.78 is 5.92. The Bertz CT molecular complexity index is 504.